The van der Waals surface area contributed by atoms with Crippen LogP contribution in [-0.2, 0) is 6.42 Å². The lowest BCUT2D eigenvalue weighted by atomic mass is 10.1. The van der Waals surface area contributed by atoms with Crippen molar-refractivity contribution < 1.29 is 4.42 Å². The van der Waals surface area contributed by atoms with Crippen molar-refractivity contribution in [3.05, 3.63) is 34.3 Å². The van der Waals surface area contributed by atoms with Crippen molar-refractivity contribution in [3.63, 3.8) is 0 Å². The Balaban J connectivity index is 0.000000186. The fourth-order valence-electron chi connectivity index (χ4n) is 3.13. The van der Waals surface area contributed by atoms with E-state index in [9.17, 15) is 4.79 Å². The molecular weight excluding hydrogens is 314 g/mol. The molecule has 1 fully saturated rings. The summed E-state index contributed by atoms with van der Waals surface area (Å²) in [7, 11) is 0. The summed E-state index contributed by atoms with van der Waals surface area (Å²) >= 11 is 0. The molecule has 0 saturated carbocycles. The fraction of sp³-hybridized carbons (Fsp3) is 0.650. The molecule has 140 valence electrons. The Labute approximate surface area is 150 Å². The molecular formula is C20H33N3O2. The van der Waals surface area contributed by atoms with Crippen LogP contribution in [0.15, 0.2) is 27.4 Å². The first-order chi connectivity index (χ1) is 12.2. The number of aromatic nitrogens is 1. The maximum Gasteiger partial charge on any atom is 0.417 e. The molecule has 2 heterocycles. The minimum absolute atomic E-state index is 0.371. The average molecular weight is 348 g/mol. The molecule has 2 aromatic rings. The molecule has 2 N–H and O–H groups in total. The van der Waals surface area contributed by atoms with Crippen LogP contribution in [-0.4, -0.2) is 42.6 Å². The monoisotopic (exact) mass is 347 g/mol. The van der Waals surface area contributed by atoms with Gasteiger partial charge in [0.25, 0.3) is 0 Å². The highest BCUT2D eigenvalue weighted by atomic mass is 16.4. The van der Waals surface area contributed by atoms with Crippen LogP contribution < -0.4 is 11.1 Å². The van der Waals surface area contributed by atoms with Crippen molar-refractivity contribution in [2.24, 2.45) is 0 Å². The average Bonchev–Trinajstić information content (AvgIpc) is 3.02. The van der Waals surface area contributed by atoms with Gasteiger partial charge in [-0.05, 0) is 37.4 Å². The molecule has 0 aliphatic carbocycles. The minimum atomic E-state index is -0.371. The molecule has 5 nitrogen and oxygen atoms in total. The third kappa shape index (κ3) is 6.67. The second kappa shape index (κ2) is 11.1. The highest BCUT2D eigenvalue weighted by molar-refractivity contribution is 5.75. The van der Waals surface area contributed by atoms with Gasteiger partial charge in [-0.2, -0.15) is 0 Å². The number of nitrogens with one attached hydrogen (secondary N) is 2. The van der Waals surface area contributed by atoms with E-state index in [4.69, 9.17) is 4.42 Å². The molecule has 1 aliphatic rings. The van der Waals surface area contributed by atoms with Crippen LogP contribution >= 0.6 is 0 Å². The molecule has 0 atom stereocenters. The second-order valence-corrected chi connectivity index (χ2v) is 6.71. The van der Waals surface area contributed by atoms with E-state index in [1.807, 2.05) is 18.2 Å². The first kappa shape index (κ1) is 19.7. The Morgan fingerprint density at radius 3 is 2.56 bits per heavy atom. The zero-order chi connectivity index (χ0) is 17.9. The van der Waals surface area contributed by atoms with Crippen LogP contribution in [0.5, 0.6) is 0 Å². The lowest BCUT2D eigenvalue weighted by Crippen LogP contribution is -2.43. The van der Waals surface area contributed by atoms with Gasteiger partial charge in [-0.1, -0.05) is 45.2 Å². The fourth-order valence-corrected chi connectivity index (χ4v) is 3.13. The third-order valence-electron chi connectivity index (χ3n) is 4.63. The van der Waals surface area contributed by atoms with Crippen molar-refractivity contribution in [2.75, 3.05) is 32.7 Å². The van der Waals surface area contributed by atoms with E-state index in [0.717, 1.165) is 30.3 Å². The van der Waals surface area contributed by atoms with Gasteiger partial charge in [-0.3, -0.25) is 4.98 Å². The van der Waals surface area contributed by atoms with Crippen molar-refractivity contribution in [1.29, 1.82) is 0 Å². The van der Waals surface area contributed by atoms with E-state index < -0.39 is 0 Å². The number of aryl methyl sites for hydroxylation is 1. The maximum atomic E-state index is 11.0. The van der Waals surface area contributed by atoms with Gasteiger partial charge in [-0.25, -0.2) is 4.79 Å². The van der Waals surface area contributed by atoms with Crippen LogP contribution in [0.25, 0.3) is 11.1 Å². The molecule has 0 bridgehead atoms. The lowest BCUT2D eigenvalue weighted by Gasteiger charge is -2.26. The highest BCUT2D eigenvalue weighted by Crippen LogP contribution is 2.16. The largest absolute Gasteiger partial charge is 0.417 e. The summed E-state index contributed by atoms with van der Waals surface area (Å²) in [5.41, 5.74) is 2.67. The molecule has 0 radical (unpaired) electrons. The van der Waals surface area contributed by atoms with E-state index >= 15 is 0 Å². The summed E-state index contributed by atoms with van der Waals surface area (Å²) in [4.78, 5) is 16.3. The van der Waals surface area contributed by atoms with Gasteiger partial charge in [-0.15, -0.1) is 0 Å². The van der Waals surface area contributed by atoms with Gasteiger partial charge in [0.1, 0.15) is 0 Å². The van der Waals surface area contributed by atoms with Gasteiger partial charge in [0.2, 0.25) is 0 Å². The molecule has 1 aromatic carbocycles. The Morgan fingerprint density at radius 1 is 1.08 bits per heavy atom. The van der Waals surface area contributed by atoms with Crippen molar-refractivity contribution in [3.8, 4) is 0 Å². The SMILES string of the molecule is CCCCCN1CCNCC1.CCCCc1cccc2oc(=O)[nH]c12. The molecule has 3 rings (SSSR count). The number of piperazine rings is 1. The first-order valence-electron chi connectivity index (χ1n) is 9.78. The quantitative estimate of drug-likeness (QED) is 0.752. The van der Waals surface area contributed by atoms with Crippen LogP contribution in [0, 0.1) is 0 Å². The van der Waals surface area contributed by atoms with Crippen LogP contribution in [0.2, 0.25) is 0 Å². The van der Waals surface area contributed by atoms with Gasteiger partial charge in [0.15, 0.2) is 5.58 Å². The number of benzene rings is 1. The number of rotatable bonds is 7. The van der Waals surface area contributed by atoms with Gasteiger partial charge in [0, 0.05) is 26.2 Å². The van der Waals surface area contributed by atoms with Gasteiger partial charge >= 0.3 is 5.76 Å². The van der Waals surface area contributed by atoms with Crippen molar-refractivity contribution >= 4 is 11.1 Å². The molecule has 0 unspecified atom stereocenters. The van der Waals surface area contributed by atoms with Crippen molar-refractivity contribution in [2.45, 2.75) is 52.4 Å². The number of para-hydroxylation sites is 1. The Hall–Kier alpha value is -1.59. The zero-order valence-corrected chi connectivity index (χ0v) is 15.8. The number of aromatic amines is 1. The highest BCUT2D eigenvalue weighted by Gasteiger charge is 2.07. The molecule has 5 heteroatoms. The summed E-state index contributed by atoms with van der Waals surface area (Å²) in [6.07, 6.45) is 7.39. The van der Waals surface area contributed by atoms with E-state index in [-0.39, 0.29) is 5.76 Å². The van der Waals surface area contributed by atoms with E-state index in [1.54, 1.807) is 0 Å². The number of hydrogen-bond donors (Lipinski definition) is 2. The molecule has 1 aliphatic heterocycles. The third-order valence-corrected chi connectivity index (χ3v) is 4.63. The predicted molar refractivity (Wildman–Crippen MR) is 104 cm³/mol. The molecule has 1 saturated heterocycles. The maximum absolute atomic E-state index is 11.0. The minimum Gasteiger partial charge on any atom is -0.408 e. The van der Waals surface area contributed by atoms with Crippen molar-refractivity contribution in [1.82, 2.24) is 15.2 Å². The summed E-state index contributed by atoms with van der Waals surface area (Å²) in [5.74, 6) is -0.371. The number of unbranched alkanes of at least 4 members (excludes halogenated alkanes) is 3. The first-order valence-corrected chi connectivity index (χ1v) is 9.78. The Kier molecular flexibility index (Phi) is 8.77. The Morgan fingerprint density at radius 2 is 1.84 bits per heavy atom. The van der Waals surface area contributed by atoms with Crippen LogP contribution in [0.4, 0.5) is 0 Å². The number of oxazole rings is 1. The van der Waals surface area contributed by atoms with E-state index in [2.05, 4.69) is 29.0 Å². The van der Waals surface area contributed by atoms with E-state index in [0.29, 0.717) is 5.58 Å². The smallest absolute Gasteiger partial charge is 0.408 e. The summed E-state index contributed by atoms with van der Waals surface area (Å²) in [6, 6.07) is 5.76. The summed E-state index contributed by atoms with van der Waals surface area (Å²) < 4.78 is 4.98. The number of H-pyrrole nitrogens is 1. The van der Waals surface area contributed by atoms with Gasteiger partial charge in [0.05, 0.1) is 5.52 Å². The molecule has 0 spiro atoms. The summed E-state index contributed by atoms with van der Waals surface area (Å²) in [6.45, 7) is 10.6. The number of nitrogens with zero attached hydrogens (tertiary/aromatic N) is 1. The second-order valence-electron chi connectivity index (χ2n) is 6.71. The predicted octanol–water partition coefficient (Wildman–Crippen LogP) is 3.55. The van der Waals surface area contributed by atoms with E-state index in [1.165, 1.54) is 52.0 Å². The zero-order valence-electron chi connectivity index (χ0n) is 15.8. The normalized spacial score (nSPS) is 15.1. The lowest BCUT2D eigenvalue weighted by molar-refractivity contribution is 0.236. The molecule has 25 heavy (non-hydrogen) atoms. The van der Waals surface area contributed by atoms with Crippen LogP contribution in [0.1, 0.15) is 51.5 Å². The number of fused-ring (bicyclic) bond motifs is 1. The van der Waals surface area contributed by atoms with Gasteiger partial charge < -0.3 is 14.6 Å². The number of hydrogen-bond acceptors (Lipinski definition) is 4. The standard InChI is InChI=1S/C11H13NO2.C9H20N2/c1-2-3-5-8-6-4-7-9-10(8)12-11(13)14-9;1-2-3-4-7-11-8-5-10-6-9-11/h4,6-7H,2-3,5H2,1H3,(H,12,13);10H,2-9H2,1H3. The summed E-state index contributed by atoms with van der Waals surface area (Å²) in [5, 5.41) is 3.36. The topological polar surface area (TPSA) is 61.3 Å². The molecule has 1 aromatic heterocycles. The Bertz CT molecular complexity index is 656. The molecule has 0 amide bonds. The van der Waals surface area contributed by atoms with Crippen LogP contribution in [0.3, 0.4) is 0 Å².